The number of aromatic nitrogens is 1. The molecule has 0 spiro atoms. The molecule has 1 fully saturated rings. The lowest BCUT2D eigenvalue weighted by molar-refractivity contribution is 0.601. The molecule has 0 atom stereocenters. The molecular formula is C14H17N3O2S2. The number of nitrogens with one attached hydrogen (secondary N) is 2. The molecule has 0 saturated heterocycles. The first-order chi connectivity index (χ1) is 10.0. The molecule has 2 aromatic heterocycles. The van der Waals surface area contributed by atoms with Gasteiger partial charge in [0, 0.05) is 34.7 Å². The molecule has 112 valence electrons. The van der Waals surface area contributed by atoms with Gasteiger partial charge in [-0.3, -0.25) is 9.71 Å². The van der Waals surface area contributed by atoms with E-state index in [0.717, 1.165) is 16.3 Å². The number of aryl methyl sites for hydroxylation is 1. The van der Waals surface area contributed by atoms with Crippen molar-refractivity contribution in [2.75, 3.05) is 4.72 Å². The number of sulfonamides is 1. The van der Waals surface area contributed by atoms with Crippen LogP contribution in [0.3, 0.4) is 0 Å². The summed E-state index contributed by atoms with van der Waals surface area (Å²) in [6.07, 6.45) is 5.56. The van der Waals surface area contributed by atoms with Crippen LogP contribution in [0.2, 0.25) is 0 Å². The first-order valence-corrected chi connectivity index (χ1v) is 9.10. The van der Waals surface area contributed by atoms with Crippen LogP contribution in [0.25, 0.3) is 0 Å². The van der Waals surface area contributed by atoms with Crippen LogP contribution >= 0.6 is 11.3 Å². The van der Waals surface area contributed by atoms with Crippen molar-refractivity contribution in [1.29, 1.82) is 0 Å². The normalized spacial score (nSPS) is 15.1. The Bertz CT molecular complexity index is 722. The highest BCUT2D eigenvalue weighted by atomic mass is 32.2. The topological polar surface area (TPSA) is 71.1 Å². The van der Waals surface area contributed by atoms with Crippen LogP contribution in [0.5, 0.6) is 0 Å². The Balaban J connectivity index is 1.77. The average molecular weight is 323 g/mol. The second kappa shape index (κ2) is 5.75. The number of hydrogen-bond acceptors (Lipinski definition) is 5. The Hall–Kier alpha value is -1.44. The predicted octanol–water partition coefficient (Wildman–Crippen LogP) is 2.50. The molecular weight excluding hydrogens is 306 g/mol. The summed E-state index contributed by atoms with van der Waals surface area (Å²) in [6.45, 7) is 2.58. The number of thiophene rings is 1. The average Bonchev–Trinajstić information content (AvgIpc) is 3.19. The number of anilines is 1. The maximum absolute atomic E-state index is 12.4. The van der Waals surface area contributed by atoms with Gasteiger partial charge in [0.05, 0.1) is 5.69 Å². The van der Waals surface area contributed by atoms with Crippen LogP contribution < -0.4 is 10.0 Å². The number of pyridine rings is 1. The van der Waals surface area contributed by atoms with E-state index in [0.29, 0.717) is 16.6 Å². The lowest BCUT2D eigenvalue weighted by Gasteiger charge is -2.06. The monoisotopic (exact) mass is 323 g/mol. The fraction of sp³-hybridized carbons (Fsp3) is 0.357. The highest BCUT2D eigenvalue weighted by Gasteiger charge is 2.23. The van der Waals surface area contributed by atoms with Gasteiger partial charge in [0.1, 0.15) is 4.90 Å². The minimum atomic E-state index is -3.54. The molecule has 1 aliphatic carbocycles. The van der Waals surface area contributed by atoms with E-state index in [2.05, 4.69) is 15.0 Å². The summed E-state index contributed by atoms with van der Waals surface area (Å²) in [4.78, 5) is 6.09. The molecule has 0 aliphatic heterocycles. The summed E-state index contributed by atoms with van der Waals surface area (Å²) in [5.74, 6) is 0. The third-order valence-corrected chi connectivity index (χ3v) is 5.97. The summed E-state index contributed by atoms with van der Waals surface area (Å²) in [7, 11) is -3.54. The van der Waals surface area contributed by atoms with Crippen LogP contribution in [-0.4, -0.2) is 19.4 Å². The van der Waals surface area contributed by atoms with Crippen molar-refractivity contribution in [3.63, 3.8) is 0 Å². The lowest BCUT2D eigenvalue weighted by atomic mass is 10.4. The zero-order chi connectivity index (χ0) is 14.9. The predicted molar refractivity (Wildman–Crippen MR) is 84.0 cm³/mol. The van der Waals surface area contributed by atoms with Crippen molar-refractivity contribution in [2.24, 2.45) is 0 Å². The van der Waals surface area contributed by atoms with Gasteiger partial charge in [-0.2, -0.15) is 0 Å². The second-order valence-electron chi connectivity index (χ2n) is 5.13. The Morgan fingerprint density at radius 3 is 2.71 bits per heavy atom. The summed E-state index contributed by atoms with van der Waals surface area (Å²) in [5, 5.41) is 3.40. The van der Waals surface area contributed by atoms with Gasteiger partial charge in [-0.25, -0.2) is 8.42 Å². The Morgan fingerprint density at radius 1 is 1.33 bits per heavy atom. The van der Waals surface area contributed by atoms with E-state index in [-0.39, 0.29) is 0 Å². The van der Waals surface area contributed by atoms with Gasteiger partial charge in [-0.1, -0.05) is 0 Å². The number of hydrogen-bond donors (Lipinski definition) is 2. The van der Waals surface area contributed by atoms with Crippen molar-refractivity contribution in [2.45, 2.75) is 37.2 Å². The van der Waals surface area contributed by atoms with Crippen molar-refractivity contribution < 1.29 is 8.42 Å². The molecule has 1 saturated carbocycles. The lowest BCUT2D eigenvalue weighted by Crippen LogP contribution is -2.15. The zero-order valence-electron chi connectivity index (χ0n) is 11.7. The second-order valence-corrected chi connectivity index (χ2v) is 8.12. The van der Waals surface area contributed by atoms with E-state index < -0.39 is 10.0 Å². The highest BCUT2D eigenvalue weighted by Crippen LogP contribution is 2.28. The first-order valence-electron chi connectivity index (χ1n) is 6.80. The Labute approximate surface area is 128 Å². The van der Waals surface area contributed by atoms with Crippen LogP contribution in [0, 0.1) is 6.92 Å². The number of nitrogens with zero attached hydrogens (tertiary/aromatic N) is 1. The van der Waals surface area contributed by atoms with Crippen LogP contribution in [0.15, 0.2) is 35.5 Å². The maximum Gasteiger partial charge on any atom is 0.263 e. The minimum Gasteiger partial charge on any atom is -0.309 e. The van der Waals surface area contributed by atoms with Gasteiger partial charge < -0.3 is 5.32 Å². The highest BCUT2D eigenvalue weighted by molar-refractivity contribution is 7.93. The molecule has 21 heavy (non-hydrogen) atoms. The van der Waals surface area contributed by atoms with Crippen molar-refractivity contribution in [3.05, 3.63) is 40.3 Å². The van der Waals surface area contributed by atoms with Gasteiger partial charge in [-0.05, 0) is 38.0 Å². The molecule has 0 bridgehead atoms. The van der Waals surface area contributed by atoms with Crippen molar-refractivity contribution >= 4 is 27.0 Å². The number of rotatable bonds is 6. The van der Waals surface area contributed by atoms with E-state index in [1.807, 2.05) is 6.92 Å². The molecule has 2 heterocycles. The molecule has 0 unspecified atom stereocenters. The summed E-state index contributed by atoms with van der Waals surface area (Å²) in [6, 6.07) is 5.64. The molecule has 2 aromatic rings. The van der Waals surface area contributed by atoms with Crippen molar-refractivity contribution in [3.8, 4) is 0 Å². The van der Waals surface area contributed by atoms with E-state index in [1.54, 1.807) is 30.6 Å². The molecule has 3 rings (SSSR count). The first kappa shape index (κ1) is 14.5. The van der Waals surface area contributed by atoms with E-state index >= 15 is 0 Å². The molecule has 7 heteroatoms. The third kappa shape index (κ3) is 3.61. The Morgan fingerprint density at radius 2 is 2.05 bits per heavy atom. The van der Waals surface area contributed by atoms with Gasteiger partial charge >= 0.3 is 0 Å². The SMILES string of the molecule is Cc1sc(CNC2CC2)cc1S(=O)(=O)Nc1ccncc1. The fourth-order valence-corrected chi connectivity index (χ4v) is 4.69. The van der Waals surface area contributed by atoms with Crippen LogP contribution in [0.1, 0.15) is 22.6 Å². The standard InChI is InChI=1S/C14H17N3O2S2/c1-10-14(8-13(20-10)9-16-11-2-3-11)21(18,19)17-12-4-6-15-7-5-12/h4-8,11,16H,2-3,9H2,1H3,(H,15,17). The molecule has 0 aromatic carbocycles. The van der Waals surface area contributed by atoms with Gasteiger partial charge in [0.2, 0.25) is 0 Å². The van der Waals surface area contributed by atoms with Crippen LogP contribution in [0.4, 0.5) is 5.69 Å². The molecule has 1 aliphatic rings. The van der Waals surface area contributed by atoms with E-state index in [1.165, 1.54) is 24.2 Å². The van der Waals surface area contributed by atoms with Gasteiger partial charge in [-0.15, -0.1) is 11.3 Å². The Kier molecular flexibility index (Phi) is 3.97. The van der Waals surface area contributed by atoms with E-state index in [9.17, 15) is 8.42 Å². The largest absolute Gasteiger partial charge is 0.309 e. The summed E-state index contributed by atoms with van der Waals surface area (Å²) >= 11 is 1.53. The quantitative estimate of drug-likeness (QED) is 0.857. The molecule has 5 nitrogen and oxygen atoms in total. The van der Waals surface area contributed by atoms with E-state index in [4.69, 9.17) is 0 Å². The molecule has 0 radical (unpaired) electrons. The zero-order valence-corrected chi connectivity index (χ0v) is 13.3. The summed E-state index contributed by atoms with van der Waals surface area (Å²) in [5.41, 5.74) is 0.522. The van der Waals surface area contributed by atoms with Gasteiger partial charge in [0.25, 0.3) is 10.0 Å². The van der Waals surface area contributed by atoms with Gasteiger partial charge in [0.15, 0.2) is 0 Å². The summed E-state index contributed by atoms with van der Waals surface area (Å²) < 4.78 is 27.5. The minimum absolute atomic E-state index is 0.358. The fourth-order valence-electron chi connectivity index (χ4n) is 2.04. The maximum atomic E-state index is 12.4. The third-order valence-electron chi connectivity index (χ3n) is 3.29. The molecule has 0 amide bonds. The van der Waals surface area contributed by atoms with Crippen LogP contribution in [-0.2, 0) is 16.6 Å². The molecule has 2 N–H and O–H groups in total. The smallest absolute Gasteiger partial charge is 0.263 e. The van der Waals surface area contributed by atoms with Crippen molar-refractivity contribution in [1.82, 2.24) is 10.3 Å².